The average molecular weight is 389 g/mol. The summed E-state index contributed by atoms with van der Waals surface area (Å²) in [6.07, 6.45) is 9.07. The van der Waals surface area contributed by atoms with Gasteiger partial charge in [-0.15, -0.1) is 0 Å². The Kier molecular flexibility index (Phi) is 6.19. The third kappa shape index (κ3) is 3.88. The molecule has 0 aliphatic heterocycles. The number of rotatable bonds is 4. The SMILES string of the molecule is COc1cc[c]([Ti+]([C]2=CC=CC2)[C]2=CC=CC2)c(C(F)(F)F)c1.[Cl-]. The number of allylic oxidation sites excluding steroid dienone is 8. The quantitative estimate of drug-likeness (QED) is 0.713. The van der Waals surface area contributed by atoms with Crippen LogP contribution in [0.2, 0.25) is 0 Å². The molecular formula is C18H16ClF3OTi. The van der Waals surface area contributed by atoms with E-state index in [1.165, 1.54) is 7.11 Å². The number of benzene rings is 1. The van der Waals surface area contributed by atoms with Gasteiger partial charge in [0.2, 0.25) is 0 Å². The van der Waals surface area contributed by atoms with Crippen molar-refractivity contribution >= 4 is 3.87 Å². The van der Waals surface area contributed by atoms with Crippen molar-refractivity contribution in [3.8, 4) is 5.75 Å². The molecule has 0 bridgehead atoms. The predicted molar refractivity (Wildman–Crippen MR) is 81.3 cm³/mol. The zero-order valence-electron chi connectivity index (χ0n) is 13.0. The normalized spacial score (nSPS) is 15.8. The van der Waals surface area contributed by atoms with Crippen molar-refractivity contribution in [1.29, 1.82) is 0 Å². The van der Waals surface area contributed by atoms with Crippen LogP contribution < -0.4 is 21.0 Å². The number of alkyl halides is 3. The minimum absolute atomic E-state index is 0. The molecule has 1 aromatic carbocycles. The molecule has 0 fully saturated rings. The average Bonchev–Trinajstić information content (AvgIpc) is 3.20. The third-order valence-corrected chi connectivity index (χ3v) is 8.67. The monoisotopic (exact) mass is 388 g/mol. The van der Waals surface area contributed by atoms with Gasteiger partial charge < -0.3 is 12.4 Å². The van der Waals surface area contributed by atoms with Crippen LogP contribution in [0.25, 0.3) is 0 Å². The van der Waals surface area contributed by atoms with Crippen molar-refractivity contribution in [2.75, 3.05) is 7.11 Å². The van der Waals surface area contributed by atoms with Crippen molar-refractivity contribution in [1.82, 2.24) is 0 Å². The zero-order chi connectivity index (χ0) is 16.4. The van der Waals surface area contributed by atoms with Gasteiger partial charge in [-0.05, 0) is 0 Å². The van der Waals surface area contributed by atoms with Crippen molar-refractivity contribution in [2.24, 2.45) is 0 Å². The molecule has 6 heteroatoms. The minimum atomic E-state index is -4.37. The van der Waals surface area contributed by atoms with Crippen LogP contribution in [0.5, 0.6) is 5.75 Å². The molecule has 0 saturated carbocycles. The third-order valence-electron chi connectivity index (χ3n) is 3.99. The van der Waals surface area contributed by atoms with Crippen LogP contribution in [0.15, 0.2) is 62.4 Å². The van der Waals surface area contributed by atoms with E-state index in [-0.39, 0.29) is 18.2 Å². The van der Waals surface area contributed by atoms with Gasteiger partial charge >= 0.3 is 139 Å². The Morgan fingerprint density at radius 1 is 1.00 bits per heavy atom. The smallest absolute Gasteiger partial charge is 1.00 e. The van der Waals surface area contributed by atoms with Crippen LogP contribution in [-0.4, -0.2) is 7.11 Å². The number of methoxy groups -OCH3 is 1. The van der Waals surface area contributed by atoms with E-state index in [1.807, 2.05) is 36.5 Å². The second-order valence-electron chi connectivity index (χ2n) is 5.43. The Balaban J connectivity index is 0.00000208. The summed E-state index contributed by atoms with van der Waals surface area (Å²) in [5.74, 6) is 0.246. The summed E-state index contributed by atoms with van der Waals surface area (Å²) in [7, 11) is 1.39. The van der Waals surface area contributed by atoms with E-state index in [4.69, 9.17) is 4.74 Å². The first-order valence-corrected chi connectivity index (χ1v) is 9.69. The predicted octanol–water partition coefficient (Wildman–Crippen LogP) is 1.65. The van der Waals surface area contributed by atoms with Gasteiger partial charge in [0.1, 0.15) is 0 Å². The Labute approximate surface area is 151 Å². The Morgan fingerprint density at radius 3 is 2.00 bits per heavy atom. The first kappa shape index (κ1) is 19.1. The maximum Gasteiger partial charge on any atom is -1.00 e. The van der Waals surface area contributed by atoms with Crippen LogP contribution in [0.4, 0.5) is 13.2 Å². The fourth-order valence-corrected chi connectivity index (χ4v) is 7.62. The number of ether oxygens (including phenoxy) is 1. The first-order chi connectivity index (χ1) is 11.0. The Bertz CT molecular complexity index is 702. The molecule has 0 atom stereocenters. The van der Waals surface area contributed by atoms with Crippen LogP contribution >= 0.6 is 0 Å². The Morgan fingerprint density at radius 2 is 1.58 bits per heavy atom. The summed E-state index contributed by atoms with van der Waals surface area (Å²) in [5, 5.41) is 0. The minimum Gasteiger partial charge on any atom is -1.00 e. The van der Waals surface area contributed by atoms with Gasteiger partial charge in [-0.2, -0.15) is 0 Å². The van der Waals surface area contributed by atoms with Gasteiger partial charge in [-0.3, -0.25) is 0 Å². The molecule has 126 valence electrons. The van der Waals surface area contributed by atoms with Gasteiger partial charge in [-0.25, -0.2) is 0 Å². The van der Waals surface area contributed by atoms with E-state index in [0.29, 0.717) is 3.87 Å². The maximum atomic E-state index is 13.6. The van der Waals surface area contributed by atoms with E-state index in [9.17, 15) is 13.2 Å². The van der Waals surface area contributed by atoms with E-state index in [0.717, 1.165) is 26.7 Å². The van der Waals surface area contributed by atoms with Gasteiger partial charge in [0.05, 0.1) is 0 Å². The molecule has 0 saturated heterocycles. The molecule has 0 heterocycles. The standard InChI is InChI=1S/C8H6F3O.2C5H5.ClH.Ti/c1-12-7-4-2-3-6(5-7)8(9,10)11;2*1-2-4-5-3-1;;/h2,4-5H,1H3;2*1-3H,4H2;1H;/q;;;;+1/p-1. The fraction of sp³-hybridized carbons (Fsp3) is 0.222. The summed E-state index contributed by atoms with van der Waals surface area (Å²) in [4.78, 5) is 0. The molecule has 0 unspecified atom stereocenters. The van der Waals surface area contributed by atoms with Crippen molar-refractivity contribution in [3.05, 3.63) is 68.0 Å². The van der Waals surface area contributed by atoms with E-state index in [1.54, 1.807) is 12.1 Å². The van der Waals surface area contributed by atoms with Crippen molar-refractivity contribution in [2.45, 2.75) is 19.0 Å². The molecule has 1 aromatic rings. The zero-order valence-corrected chi connectivity index (χ0v) is 15.3. The summed E-state index contributed by atoms with van der Waals surface area (Å²) in [6, 6.07) is 4.40. The molecule has 2 aliphatic rings. The van der Waals surface area contributed by atoms with E-state index >= 15 is 0 Å². The molecule has 0 radical (unpaired) electrons. The van der Waals surface area contributed by atoms with E-state index in [2.05, 4.69) is 0 Å². The molecule has 24 heavy (non-hydrogen) atoms. The summed E-state index contributed by atoms with van der Waals surface area (Å²) < 4.78 is 48.6. The Hall–Kier alpha value is -1.23. The second kappa shape index (κ2) is 7.77. The van der Waals surface area contributed by atoms with Gasteiger partial charge in [0.25, 0.3) is 0 Å². The molecule has 3 rings (SSSR count). The van der Waals surface area contributed by atoms with Crippen molar-refractivity contribution in [3.63, 3.8) is 0 Å². The number of hydrogen-bond acceptors (Lipinski definition) is 1. The molecule has 0 spiro atoms. The van der Waals surface area contributed by atoms with Crippen LogP contribution in [0, 0.1) is 0 Å². The number of halogens is 4. The molecule has 0 aromatic heterocycles. The number of hydrogen-bond donors (Lipinski definition) is 0. The van der Waals surface area contributed by atoms with Gasteiger partial charge in [-0.1, -0.05) is 0 Å². The summed E-state index contributed by atoms with van der Waals surface area (Å²) in [6.45, 7) is 0. The van der Waals surface area contributed by atoms with Gasteiger partial charge in [0, 0.05) is 0 Å². The van der Waals surface area contributed by atoms with E-state index < -0.39 is 29.6 Å². The fourth-order valence-electron chi connectivity index (χ4n) is 2.92. The molecular weight excluding hydrogens is 373 g/mol. The summed E-state index contributed by atoms with van der Waals surface area (Å²) >= 11 is -2.39. The molecule has 2 aliphatic carbocycles. The topological polar surface area (TPSA) is 9.23 Å². The first-order valence-electron chi connectivity index (χ1n) is 7.35. The van der Waals surface area contributed by atoms with Crippen molar-refractivity contribution < 1.29 is 48.2 Å². The van der Waals surface area contributed by atoms with Crippen LogP contribution in [-0.2, 0) is 24.0 Å². The summed E-state index contributed by atoms with van der Waals surface area (Å²) in [5.41, 5.74) is -0.549. The van der Waals surface area contributed by atoms with Crippen LogP contribution in [0.1, 0.15) is 18.4 Å². The largest absolute Gasteiger partial charge is 1.00 e. The molecule has 0 N–H and O–H groups in total. The molecule has 0 amide bonds. The second-order valence-corrected chi connectivity index (χ2v) is 9.45. The van der Waals surface area contributed by atoms with Crippen LogP contribution in [0.3, 0.4) is 0 Å². The van der Waals surface area contributed by atoms with Gasteiger partial charge in [0.15, 0.2) is 0 Å². The maximum absolute atomic E-state index is 13.6. The molecule has 1 nitrogen and oxygen atoms in total.